The summed E-state index contributed by atoms with van der Waals surface area (Å²) in [5, 5.41) is 6.55. The van der Waals surface area contributed by atoms with Crippen molar-refractivity contribution in [2.24, 2.45) is 10.9 Å². The van der Waals surface area contributed by atoms with E-state index in [2.05, 4.69) is 25.4 Å². The number of hydrogen-bond donors (Lipinski definition) is 2. The molecule has 0 bridgehead atoms. The number of carbonyl (C=O) groups excluding carboxylic acids is 1. The number of guanidine groups is 1. The molecule has 24 heavy (non-hydrogen) atoms. The van der Waals surface area contributed by atoms with Crippen LogP contribution in [0.3, 0.4) is 0 Å². The molecule has 6 nitrogen and oxygen atoms in total. The van der Waals surface area contributed by atoms with E-state index in [1.165, 1.54) is 25.7 Å². The highest BCUT2D eigenvalue weighted by molar-refractivity contribution is 14.0. The number of rotatable bonds is 7. The predicted octanol–water partition coefficient (Wildman–Crippen LogP) is 1.27. The lowest BCUT2D eigenvalue weighted by atomic mass is 10.2. The van der Waals surface area contributed by atoms with Crippen molar-refractivity contribution >= 4 is 35.8 Å². The number of aliphatic imine (C=N–C) groups is 1. The minimum Gasteiger partial charge on any atom is -0.356 e. The van der Waals surface area contributed by atoms with Crippen LogP contribution in [0.2, 0.25) is 0 Å². The maximum Gasteiger partial charge on any atom is 0.234 e. The minimum absolute atomic E-state index is 0. The van der Waals surface area contributed by atoms with Crippen molar-refractivity contribution in [1.82, 2.24) is 20.4 Å². The number of carbonyl (C=O) groups is 1. The van der Waals surface area contributed by atoms with Gasteiger partial charge in [-0.1, -0.05) is 12.8 Å². The fourth-order valence-corrected chi connectivity index (χ4v) is 3.15. The molecule has 0 unspecified atom stereocenters. The first-order chi connectivity index (χ1) is 11.2. The molecule has 1 aliphatic heterocycles. The van der Waals surface area contributed by atoms with Gasteiger partial charge in [0.15, 0.2) is 5.96 Å². The van der Waals surface area contributed by atoms with E-state index in [0.717, 1.165) is 57.4 Å². The molecule has 0 aromatic carbocycles. The predicted molar refractivity (Wildman–Crippen MR) is 108 cm³/mol. The average molecular weight is 449 g/mol. The molecular weight excluding hydrogens is 417 g/mol. The van der Waals surface area contributed by atoms with Crippen molar-refractivity contribution in [2.45, 2.75) is 44.6 Å². The van der Waals surface area contributed by atoms with Crippen LogP contribution in [0, 0.1) is 5.92 Å². The molecule has 7 heteroatoms. The molecule has 1 heterocycles. The fraction of sp³-hybridized carbons (Fsp3) is 0.882. The third kappa shape index (κ3) is 6.74. The molecule has 0 atom stereocenters. The number of halogens is 1. The Kier molecular flexibility index (Phi) is 8.06. The smallest absolute Gasteiger partial charge is 0.234 e. The van der Waals surface area contributed by atoms with Crippen LogP contribution >= 0.6 is 24.0 Å². The number of hydrogen-bond acceptors (Lipinski definition) is 3. The van der Waals surface area contributed by atoms with Crippen LogP contribution in [-0.2, 0) is 4.79 Å². The first-order valence-electron chi connectivity index (χ1n) is 9.22. The number of nitrogens with zero attached hydrogens (tertiary/aromatic N) is 3. The normalized spacial score (nSPS) is 22.0. The zero-order valence-corrected chi connectivity index (χ0v) is 17.1. The Balaban J connectivity index is 0.00000208. The molecule has 0 aromatic rings. The summed E-state index contributed by atoms with van der Waals surface area (Å²) in [6, 6.07) is 0.461. The Hall–Kier alpha value is -0.570. The van der Waals surface area contributed by atoms with E-state index in [0.29, 0.717) is 12.6 Å². The van der Waals surface area contributed by atoms with Gasteiger partial charge in [-0.2, -0.15) is 0 Å². The summed E-state index contributed by atoms with van der Waals surface area (Å²) in [4.78, 5) is 20.8. The summed E-state index contributed by atoms with van der Waals surface area (Å²) in [5.74, 6) is 2.20. The fourth-order valence-electron chi connectivity index (χ4n) is 3.15. The molecule has 0 radical (unpaired) electrons. The molecule has 3 fully saturated rings. The lowest BCUT2D eigenvalue weighted by molar-refractivity contribution is -0.122. The van der Waals surface area contributed by atoms with Crippen molar-refractivity contribution in [2.75, 3.05) is 46.3 Å². The van der Waals surface area contributed by atoms with Crippen LogP contribution in [-0.4, -0.2) is 74.0 Å². The van der Waals surface area contributed by atoms with Gasteiger partial charge in [-0.25, -0.2) is 0 Å². The molecule has 2 N–H and O–H groups in total. The number of nitrogens with one attached hydrogen (secondary N) is 2. The molecule has 0 aromatic heterocycles. The minimum atomic E-state index is 0. The van der Waals surface area contributed by atoms with Crippen molar-refractivity contribution in [3.8, 4) is 0 Å². The first kappa shape index (κ1) is 19.8. The summed E-state index contributed by atoms with van der Waals surface area (Å²) in [5.41, 5.74) is 0. The van der Waals surface area contributed by atoms with Gasteiger partial charge in [0, 0.05) is 45.8 Å². The maximum atomic E-state index is 11.9. The van der Waals surface area contributed by atoms with Gasteiger partial charge in [0.2, 0.25) is 5.91 Å². The van der Waals surface area contributed by atoms with Gasteiger partial charge in [0.25, 0.3) is 0 Å². The van der Waals surface area contributed by atoms with Crippen LogP contribution < -0.4 is 10.6 Å². The summed E-state index contributed by atoms with van der Waals surface area (Å²) >= 11 is 0. The Morgan fingerprint density at radius 1 is 1.12 bits per heavy atom. The van der Waals surface area contributed by atoms with Crippen molar-refractivity contribution in [3.05, 3.63) is 0 Å². The van der Waals surface area contributed by atoms with Gasteiger partial charge in [0.1, 0.15) is 0 Å². The summed E-state index contributed by atoms with van der Waals surface area (Å²) in [6.45, 7) is 5.31. The molecule has 2 saturated carbocycles. The van der Waals surface area contributed by atoms with E-state index >= 15 is 0 Å². The van der Waals surface area contributed by atoms with Crippen LogP contribution in [0.15, 0.2) is 4.99 Å². The Morgan fingerprint density at radius 3 is 2.42 bits per heavy atom. The molecule has 1 amide bonds. The van der Waals surface area contributed by atoms with E-state index in [-0.39, 0.29) is 29.9 Å². The summed E-state index contributed by atoms with van der Waals surface area (Å²) in [7, 11) is 1.86. The van der Waals surface area contributed by atoms with Crippen LogP contribution in [0.4, 0.5) is 0 Å². The lowest BCUT2D eigenvalue weighted by Crippen LogP contribution is -2.54. The standard InChI is InChI=1S/C17H31N5O.HI/c1-18-17(19-8-2-3-14-4-5-14)22-11-9-21(10-12-22)13-16(23)20-15-6-7-15;/h14-15H,2-13H2,1H3,(H,18,19)(H,20,23);1H. The third-order valence-electron chi connectivity index (χ3n) is 4.96. The Morgan fingerprint density at radius 2 is 1.83 bits per heavy atom. The van der Waals surface area contributed by atoms with Crippen molar-refractivity contribution in [1.29, 1.82) is 0 Å². The van der Waals surface area contributed by atoms with E-state index in [9.17, 15) is 4.79 Å². The van der Waals surface area contributed by atoms with Gasteiger partial charge < -0.3 is 15.5 Å². The molecule has 2 aliphatic carbocycles. The topological polar surface area (TPSA) is 60.0 Å². The highest BCUT2D eigenvalue weighted by atomic mass is 127. The van der Waals surface area contributed by atoms with Gasteiger partial charge in [-0.15, -0.1) is 24.0 Å². The second-order valence-electron chi connectivity index (χ2n) is 7.16. The van der Waals surface area contributed by atoms with E-state index in [1.54, 1.807) is 0 Å². The highest BCUT2D eigenvalue weighted by Gasteiger charge is 2.26. The zero-order chi connectivity index (χ0) is 16.1. The monoisotopic (exact) mass is 449 g/mol. The second-order valence-corrected chi connectivity index (χ2v) is 7.16. The molecular formula is C17H32IN5O. The van der Waals surface area contributed by atoms with E-state index in [4.69, 9.17) is 0 Å². The highest BCUT2D eigenvalue weighted by Crippen LogP contribution is 2.33. The molecule has 0 spiro atoms. The zero-order valence-electron chi connectivity index (χ0n) is 14.8. The quantitative estimate of drug-likeness (QED) is 0.266. The lowest BCUT2D eigenvalue weighted by Gasteiger charge is -2.36. The van der Waals surface area contributed by atoms with Crippen molar-refractivity contribution in [3.63, 3.8) is 0 Å². The van der Waals surface area contributed by atoms with Gasteiger partial charge >= 0.3 is 0 Å². The second kappa shape index (κ2) is 9.79. The van der Waals surface area contributed by atoms with Gasteiger partial charge in [0.05, 0.1) is 6.54 Å². The van der Waals surface area contributed by atoms with Gasteiger partial charge in [-0.05, 0) is 31.6 Å². The average Bonchev–Trinajstić information content (AvgIpc) is 3.44. The van der Waals surface area contributed by atoms with Crippen LogP contribution in [0.1, 0.15) is 38.5 Å². The first-order valence-corrected chi connectivity index (χ1v) is 9.22. The summed E-state index contributed by atoms with van der Waals surface area (Å²) in [6.07, 6.45) is 7.78. The number of piperazine rings is 1. The molecule has 1 saturated heterocycles. The maximum absolute atomic E-state index is 11.9. The Bertz CT molecular complexity index is 429. The van der Waals surface area contributed by atoms with Gasteiger partial charge in [-0.3, -0.25) is 14.7 Å². The third-order valence-corrected chi connectivity index (χ3v) is 4.96. The summed E-state index contributed by atoms with van der Waals surface area (Å²) < 4.78 is 0. The van der Waals surface area contributed by atoms with E-state index in [1.807, 2.05) is 7.05 Å². The molecule has 138 valence electrons. The molecule has 3 aliphatic rings. The van der Waals surface area contributed by atoms with E-state index < -0.39 is 0 Å². The molecule has 3 rings (SSSR count). The Labute approximate surface area is 162 Å². The SMILES string of the molecule is CN=C(NCCCC1CC1)N1CCN(CC(=O)NC2CC2)CC1.I. The largest absolute Gasteiger partial charge is 0.356 e. The van der Waals surface area contributed by atoms with Crippen molar-refractivity contribution < 1.29 is 4.79 Å². The van der Waals surface area contributed by atoms with Crippen LogP contribution in [0.25, 0.3) is 0 Å². The van der Waals surface area contributed by atoms with Crippen LogP contribution in [0.5, 0.6) is 0 Å². The number of amides is 1.